The standard InChI is InChI=1S/C23H17N3O3/c1-16-10-13-18(14-11-16)25-22(24-20-8-4-3-7-19(20)23(25)27)15-12-17-6-2-5-9-21(17)26(28)29/h2-15H,1H3. The molecular formula is C23H17N3O3. The Kier molecular flexibility index (Phi) is 4.75. The zero-order chi connectivity index (χ0) is 20.4. The van der Waals surface area contributed by atoms with Crippen LogP contribution in [-0.2, 0) is 0 Å². The first-order valence-corrected chi connectivity index (χ1v) is 9.05. The molecule has 0 atom stereocenters. The van der Waals surface area contributed by atoms with E-state index in [-0.39, 0.29) is 11.2 Å². The minimum Gasteiger partial charge on any atom is -0.268 e. The molecule has 3 aromatic carbocycles. The van der Waals surface area contributed by atoms with Crippen molar-refractivity contribution in [3.63, 3.8) is 0 Å². The van der Waals surface area contributed by atoms with Crippen LogP contribution in [-0.4, -0.2) is 14.5 Å². The number of para-hydroxylation sites is 2. The van der Waals surface area contributed by atoms with Gasteiger partial charge >= 0.3 is 0 Å². The zero-order valence-electron chi connectivity index (χ0n) is 15.6. The minimum absolute atomic E-state index is 0.00577. The Hall–Kier alpha value is -4.06. The largest absolute Gasteiger partial charge is 0.276 e. The Bertz CT molecular complexity index is 1310. The SMILES string of the molecule is Cc1ccc(-n2c(C=Cc3ccccc3[N+](=O)[O-])nc3ccccc3c2=O)cc1. The van der Waals surface area contributed by atoms with Crippen LogP contribution in [0.25, 0.3) is 28.7 Å². The van der Waals surface area contributed by atoms with Gasteiger partial charge in [-0.3, -0.25) is 19.5 Å². The summed E-state index contributed by atoms with van der Waals surface area (Å²) in [6.45, 7) is 1.97. The molecule has 4 rings (SSSR count). The van der Waals surface area contributed by atoms with Gasteiger partial charge in [-0.25, -0.2) is 4.98 Å². The Morgan fingerprint density at radius 2 is 1.62 bits per heavy atom. The van der Waals surface area contributed by atoms with E-state index in [2.05, 4.69) is 4.98 Å². The first kappa shape index (κ1) is 18.3. The summed E-state index contributed by atoms with van der Waals surface area (Å²) in [6, 6.07) is 21.1. The summed E-state index contributed by atoms with van der Waals surface area (Å²) < 4.78 is 1.52. The zero-order valence-corrected chi connectivity index (χ0v) is 15.6. The summed E-state index contributed by atoms with van der Waals surface area (Å²) in [5, 5.41) is 11.8. The molecule has 0 aliphatic heterocycles. The summed E-state index contributed by atoms with van der Waals surface area (Å²) in [6.07, 6.45) is 3.25. The highest BCUT2D eigenvalue weighted by Crippen LogP contribution is 2.21. The molecule has 0 fully saturated rings. The fraction of sp³-hybridized carbons (Fsp3) is 0.0435. The number of nitro benzene ring substituents is 1. The quantitative estimate of drug-likeness (QED) is 0.375. The van der Waals surface area contributed by atoms with Crippen molar-refractivity contribution in [1.82, 2.24) is 9.55 Å². The van der Waals surface area contributed by atoms with Crippen LogP contribution in [0, 0.1) is 17.0 Å². The van der Waals surface area contributed by atoms with Gasteiger partial charge in [-0.05, 0) is 49.4 Å². The van der Waals surface area contributed by atoms with Gasteiger partial charge in [-0.15, -0.1) is 0 Å². The van der Waals surface area contributed by atoms with Gasteiger partial charge in [0, 0.05) is 6.07 Å². The molecule has 0 unspecified atom stereocenters. The summed E-state index contributed by atoms with van der Waals surface area (Å²) in [7, 11) is 0. The maximum atomic E-state index is 13.2. The van der Waals surface area contributed by atoms with Gasteiger partial charge in [0.1, 0.15) is 5.82 Å². The lowest BCUT2D eigenvalue weighted by atomic mass is 10.1. The smallest absolute Gasteiger partial charge is 0.268 e. The molecule has 0 N–H and O–H groups in total. The summed E-state index contributed by atoms with van der Waals surface area (Å²) >= 11 is 0. The average Bonchev–Trinajstić information content (AvgIpc) is 2.73. The van der Waals surface area contributed by atoms with Gasteiger partial charge in [0.15, 0.2) is 0 Å². The molecule has 29 heavy (non-hydrogen) atoms. The van der Waals surface area contributed by atoms with Gasteiger partial charge in [0.05, 0.1) is 27.1 Å². The van der Waals surface area contributed by atoms with E-state index >= 15 is 0 Å². The highest BCUT2D eigenvalue weighted by atomic mass is 16.6. The number of aromatic nitrogens is 2. The lowest BCUT2D eigenvalue weighted by Crippen LogP contribution is -2.22. The van der Waals surface area contributed by atoms with E-state index in [1.54, 1.807) is 48.6 Å². The molecule has 1 heterocycles. The Morgan fingerprint density at radius 1 is 0.931 bits per heavy atom. The molecule has 0 saturated heterocycles. The molecule has 6 heteroatoms. The van der Waals surface area contributed by atoms with E-state index in [1.165, 1.54) is 10.6 Å². The third-order valence-electron chi connectivity index (χ3n) is 4.64. The topological polar surface area (TPSA) is 78.0 Å². The van der Waals surface area contributed by atoms with Gasteiger partial charge in [-0.1, -0.05) is 42.0 Å². The van der Waals surface area contributed by atoms with Crippen LogP contribution < -0.4 is 5.56 Å². The molecule has 0 radical (unpaired) electrons. The second kappa shape index (κ2) is 7.52. The molecule has 0 aliphatic carbocycles. The van der Waals surface area contributed by atoms with Crippen LogP contribution in [0.2, 0.25) is 0 Å². The molecule has 0 bridgehead atoms. The van der Waals surface area contributed by atoms with Gasteiger partial charge in [0.25, 0.3) is 11.2 Å². The molecule has 0 saturated carbocycles. The van der Waals surface area contributed by atoms with Crippen molar-refractivity contribution in [2.24, 2.45) is 0 Å². The lowest BCUT2D eigenvalue weighted by Gasteiger charge is -2.11. The van der Waals surface area contributed by atoms with Crippen LogP contribution in [0.3, 0.4) is 0 Å². The summed E-state index contributed by atoms with van der Waals surface area (Å²) in [5.41, 5.74) is 2.57. The highest BCUT2D eigenvalue weighted by Gasteiger charge is 2.13. The first-order chi connectivity index (χ1) is 14.0. The Labute approximate surface area is 166 Å². The van der Waals surface area contributed by atoms with E-state index in [9.17, 15) is 14.9 Å². The van der Waals surface area contributed by atoms with Crippen LogP contribution in [0.5, 0.6) is 0 Å². The monoisotopic (exact) mass is 383 g/mol. The third-order valence-corrected chi connectivity index (χ3v) is 4.64. The average molecular weight is 383 g/mol. The van der Waals surface area contributed by atoms with E-state index in [0.29, 0.717) is 28.0 Å². The van der Waals surface area contributed by atoms with Gasteiger partial charge in [0.2, 0.25) is 0 Å². The number of fused-ring (bicyclic) bond motifs is 1. The van der Waals surface area contributed by atoms with Crippen LogP contribution >= 0.6 is 0 Å². The van der Waals surface area contributed by atoms with Crippen LogP contribution in [0.1, 0.15) is 17.0 Å². The molecular weight excluding hydrogens is 366 g/mol. The molecule has 1 aromatic heterocycles. The molecule has 142 valence electrons. The van der Waals surface area contributed by atoms with E-state index in [1.807, 2.05) is 37.3 Å². The fourth-order valence-electron chi connectivity index (χ4n) is 3.16. The highest BCUT2D eigenvalue weighted by molar-refractivity contribution is 5.80. The van der Waals surface area contributed by atoms with Crippen molar-refractivity contribution in [3.8, 4) is 5.69 Å². The molecule has 0 amide bonds. The van der Waals surface area contributed by atoms with Gasteiger partial charge in [-0.2, -0.15) is 0 Å². The summed E-state index contributed by atoms with van der Waals surface area (Å²) in [4.78, 5) is 28.7. The predicted molar refractivity (Wildman–Crippen MR) is 114 cm³/mol. The molecule has 0 spiro atoms. The normalized spacial score (nSPS) is 11.2. The van der Waals surface area contributed by atoms with E-state index in [4.69, 9.17) is 0 Å². The maximum absolute atomic E-state index is 13.2. The number of hydrogen-bond acceptors (Lipinski definition) is 4. The minimum atomic E-state index is -0.430. The Balaban J connectivity index is 1.94. The number of nitrogens with zero attached hydrogens (tertiary/aromatic N) is 3. The predicted octanol–water partition coefficient (Wildman–Crippen LogP) is 4.77. The second-order valence-corrected chi connectivity index (χ2v) is 6.61. The van der Waals surface area contributed by atoms with Crippen LogP contribution in [0.15, 0.2) is 77.6 Å². The Morgan fingerprint density at radius 3 is 2.38 bits per heavy atom. The number of nitro groups is 1. The van der Waals surface area contributed by atoms with Gasteiger partial charge < -0.3 is 0 Å². The lowest BCUT2D eigenvalue weighted by molar-refractivity contribution is -0.385. The summed E-state index contributed by atoms with van der Waals surface area (Å²) in [5.74, 6) is 0.399. The maximum Gasteiger partial charge on any atom is 0.276 e. The van der Waals surface area contributed by atoms with Crippen LogP contribution in [0.4, 0.5) is 5.69 Å². The second-order valence-electron chi connectivity index (χ2n) is 6.61. The van der Waals surface area contributed by atoms with E-state index in [0.717, 1.165) is 5.56 Å². The van der Waals surface area contributed by atoms with Crippen molar-refractivity contribution in [2.45, 2.75) is 6.92 Å². The van der Waals surface area contributed by atoms with Crippen molar-refractivity contribution >= 4 is 28.7 Å². The molecule has 6 nitrogen and oxygen atoms in total. The van der Waals surface area contributed by atoms with Crippen molar-refractivity contribution in [3.05, 3.63) is 110 Å². The molecule has 4 aromatic rings. The third kappa shape index (κ3) is 3.55. The number of aryl methyl sites for hydroxylation is 1. The number of hydrogen-bond donors (Lipinski definition) is 0. The number of rotatable bonds is 4. The van der Waals surface area contributed by atoms with Crippen molar-refractivity contribution < 1.29 is 4.92 Å². The fourth-order valence-corrected chi connectivity index (χ4v) is 3.16. The molecule has 0 aliphatic rings. The van der Waals surface area contributed by atoms with Crippen molar-refractivity contribution in [1.29, 1.82) is 0 Å². The van der Waals surface area contributed by atoms with Crippen molar-refractivity contribution in [2.75, 3.05) is 0 Å². The first-order valence-electron chi connectivity index (χ1n) is 9.05. The number of benzene rings is 3. The van der Waals surface area contributed by atoms with E-state index < -0.39 is 4.92 Å².